The van der Waals surface area contributed by atoms with Gasteiger partial charge in [0.2, 0.25) is 0 Å². The number of ether oxygens (including phenoxy) is 1. The standard InChI is InChI=1S/C16H19NO4/c1-10(11-6-7-20-9-11)17-8-14-15(16(18)19)12-4-2-3-5-13(12)21-14/h2-5,10-11,17H,6-9H2,1H3,(H,18,19). The van der Waals surface area contributed by atoms with Crippen LogP contribution < -0.4 is 5.32 Å². The van der Waals surface area contributed by atoms with Crippen LogP contribution in [-0.2, 0) is 11.3 Å². The van der Waals surface area contributed by atoms with Gasteiger partial charge >= 0.3 is 5.97 Å². The van der Waals surface area contributed by atoms with Crippen molar-refractivity contribution < 1.29 is 19.1 Å². The first-order chi connectivity index (χ1) is 10.2. The second-order valence-electron chi connectivity index (χ2n) is 5.49. The number of carboxylic acids is 1. The number of para-hydroxylation sites is 1. The van der Waals surface area contributed by atoms with Gasteiger partial charge in [0.05, 0.1) is 13.2 Å². The fourth-order valence-corrected chi connectivity index (χ4v) is 2.82. The van der Waals surface area contributed by atoms with Crippen LogP contribution in [0.15, 0.2) is 28.7 Å². The van der Waals surface area contributed by atoms with Gasteiger partial charge in [0.15, 0.2) is 0 Å². The van der Waals surface area contributed by atoms with Crippen molar-refractivity contribution in [2.24, 2.45) is 5.92 Å². The molecule has 0 spiro atoms. The molecular weight excluding hydrogens is 270 g/mol. The van der Waals surface area contributed by atoms with E-state index in [9.17, 15) is 9.90 Å². The number of rotatable bonds is 5. The summed E-state index contributed by atoms with van der Waals surface area (Å²) in [6, 6.07) is 7.49. The van der Waals surface area contributed by atoms with Gasteiger partial charge in [0.1, 0.15) is 16.9 Å². The Morgan fingerprint density at radius 1 is 1.48 bits per heavy atom. The number of aromatic carboxylic acids is 1. The van der Waals surface area contributed by atoms with E-state index in [0.29, 0.717) is 29.2 Å². The highest BCUT2D eigenvalue weighted by Gasteiger charge is 2.24. The molecule has 0 radical (unpaired) electrons. The molecule has 0 aliphatic carbocycles. The number of carbonyl (C=O) groups is 1. The van der Waals surface area contributed by atoms with Crippen LogP contribution in [-0.4, -0.2) is 30.3 Å². The molecule has 2 heterocycles. The van der Waals surface area contributed by atoms with E-state index >= 15 is 0 Å². The zero-order valence-corrected chi connectivity index (χ0v) is 12.0. The summed E-state index contributed by atoms with van der Waals surface area (Å²) in [6.07, 6.45) is 1.04. The van der Waals surface area contributed by atoms with E-state index in [0.717, 1.165) is 19.6 Å². The molecule has 5 heteroatoms. The van der Waals surface area contributed by atoms with Gasteiger partial charge in [-0.25, -0.2) is 4.79 Å². The summed E-state index contributed by atoms with van der Waals surface area (Å²) >= 11 is 0. The molecular formula is C16H19NO4. The highest BCUT2D eigenvalue weighted by molar-refractivity contribution is 6.03. The molecule has 2 unspecified atom stereocenters. The molecule has 2 N–H and O–H groups in total. The van der Waals surface area contributed by atoms with Crippen LogP contribution in [0, 0.1) is 5.92 Å². The maximum Gasteiger partial charge on any atom is 0.339 e. The summed E-state index contributed by atoms with van der Waals surface area (Å²) in [7, 11) is 0. The molecule has 1 aliphatic heterocycles. The third kappa shape index (κ3) is 2.80. The Hall–Kier alpha value is -1.85. The van der Waals surface area contributed by atoms with E-state index in [1.54, 1.807) is 12.1 Å². The van der Waals surface area contributed by atoms with Crippen LogP contribution in [0.2, 0.25) is 0 Å². The van der Waals surface area contributed by atoms with E-state index in [1.165, 1.54) is 0 Å². The Kier molecular flexibility index (Phi) is 3.94. The van der Waals surface area contributed by atoms with Crippen LogP contribution in [0.3, 0.4) is 0 Å². The Balaban J connectivity index is 1.79. The van der Waals surface area contributed by atoms with Gasteiger partial charge in [0, 0.05) is 18.0 Å². The molecule has 21 heavy (non-hydrogen) atoms. The molecule has 2 atom stereocenters. The summed E-state index contributed by atoms with van der Waals surface area (Å²) in [6.45, 7) is 4.08. The van der Waals surface area contributed by atoms with Crippen LogP contribution in [0.4, 0.5) is 0 Å². The van der Waals surface area contributed by atoms with Gasteiger partial charge in [-0.05, 0) is 25.3 Å². The first kappa shape index (κ1) is 14.1. The molecule has 0 amide bonds. The zero-order valence-electron chi connectivity index (χ0n) is 12.0. The zero-order chi connectivity index (χ0) is 14.8. The lowest BCUT2D eigenvalue weighted by molar-refractivity contribution is 0.0696. The Bertz CT molecular complexity index is 643. The van der Waals surface area contributed by atoms with Crippen molar-refractivity contribution in [2.75, 3.05) is 13.2 Å². The van der Waals surface area contributed by atoms with Gasteiger partial charge in [-0.2, -0.15) is 0 Å². The number of fused-ring (bicyclic) bond motifs is 1. The smallest absolute Gasteiger partial charge is 0.339 e. The third-order valence-corrected chi connectivity index (χ3v) is 4.14. The van der Waals surface area contributed by atoms with Gasteiger partial charge in [0.25, 0.3) is 0 Å². The van der Waals surface area contributed by atoms with Gasteiger partial charge in [-0.15, -0.1) is 0 Å². The van der Waals surface area contributed by atoms with E-state index < -0.39 is 5.97 Å². The minimum absolute atomic E-state index is 0.257. The van der Waals surface area contributed by atoms with E-state index in [-0.39, 0.29) is 11.6 Å². The average molecular weight is 289 g/mol. The van der Waals surface area contributed by atoms with Crippen molar-refractivity contribution in [2.45, 2.75) is 25.9 Å². The van der Waals surface area contributed by atoms with Crippen molar-refractivity contribution in [3.63, 3.8) is 0 Å². The summed E-state index contributed by atoms with van der Waals surface area (Å²) in [4.78, 5) is 11.5. The number of benzene rings is 1. The molecule has 0 bridgehead atoms. The molecule has 5 nitrogen and oxygen atoms in total. The molecule has 2 aromatic rings. The van der Waals surface area contributed by atoms with Crippen LogP contribution in [0.25, 0.3) is 11.0 Å². The largest absolute Gasteiger partial charge is 0.478 e. The molecule has 1 aromatic carbocycles. The van der Waals surface area contributed by atoms with Gasteiger partial charge in [-0.1, -0.05) is 18.2 Å². The first-order valence-electron chi connectivity index (χ1n) is 7.21. The van der Waals surface area contributed by atoms with Gasteiger partial charge in [-0.3, -0.25) is 0 Å². The predicted molar refractivity (Wildman–Crippen MR) is 78.4 cm³/mol. The maximum atomic E-state index is 11.5. The molecule has 3 rings (SSSR count). The molecule has 112 valence electrons. The molecule has 1 fully saturated rings. The topological polar surface area (TPSA) is 71.7 Å². The van der Waals surface area contributed by atoms with Crippen molar-refractivity contribution in [3.05, 3.63) is 35.6 Å². The minimum atomic E-state index is -0.950. The normalized spacial score (nSPS) is 20.0. The van der Waals surface area contributed by atoms with Crippen molar-refractivity contribution >= 4 is 16.9 Å². The van der Waals surface area contributed by atoms with Crippen molar-refractivity contribution in [1.82, 2.24) is 5.32 Å². The lowest BCUT2D eigenvalue weighted by atomic mass is 10.0. The molecule has 1 saturated heterocycles. The number of carboxylic acid groups (broad SMARTS) is 1. The highest BCUT2D eigenvalue weighted by atomic mass is 16.5. The second kappa shape index (κ2) is 5.87. The SMILES string of the molecule is CC(NCc1oc2ccccc2c1C(=O)O)C1CCOC1. The minimum Gasteiger partial charge on any atom is -0.478 e. The molecule has 1 aromatic heterocycles. The van der Waals surface area contributed by atoms with Crippen LogP contribution in [0.1, 0.15) is 29.5 Å². The fraction of sp³-hybridized carbons (Fsp3) is 0.438. The first-order valence-corrected chi connectivity index (χ1v) is 7.21. The third-order valence-electron chi connectivity index (χ3n) is 4.14. The Morgan fingerprint density at radius 2 is 2.29 bits per heavy atom. The van der Waals surface area contributed by atoms with E-state index in [2.05, 4.69) is 12.2 Å². The summed E-state index contributed by atoms with van der Waals surface area (Å²) < 4.78 is 11.1. The van der Waals surface area contributed by atoms with Crippen molar-refractivity contribution in [1.29, 1.82) is 0 Å². The van der Waals surface area contributed by atoms with E-state index in [4.69, 9.17) is 9.15 Å². The monoisotopic (exact) mass is 289 g/mol. The van der Waals surface area contributed by atoms with E-state index in [1.807, 2.05) is 12.1 Å². The molecule has 1 aliphatic rings. The summed E-state index contributed by atoms with van der Waals surface area (Å²) in [5.41, 5.74) is 0.872. The second-order valence-corrected chi connectivity index (χ2v) is 5.49. The summed E-state index contributed by atoms with van der Waals surface area (Å²) in [5, 5.41) is 13.4. The van der Waals surface area contributed by atoms with Crippen LogP contribution >= 0.6 is 0 Å². The van der Waals surface area contributed by atoms with Crippen molar-refractivity contribution in [3.8, 4) is 0 Å². The van der Waals surface area contributed by atoms with Gasteiger partial charge < -0.3 is 19.6 Å². The Morgan fingerprint density at radius 3 is 3.00 bits per heavy atom. The number of hydrogen-bond donors (Lipinski definition) is 2. The average Bonchev–Trinajstić information content (AvgIpc) is 3.11. The predicted octanol–water partition coefficient (Wildman–Crippen LogP) is 2.65. The number of furan rings is 1. The summed E-state index contributed by atoms with van der Waals surface area (Å²) in [5.74, 6) is 0.00530. The highest BCUT2D eigenvalue weighted by Crippen LogP contribution is 2.26. The quantitative estimate of drug-likeness (QED) is 0.885. The maximum absolute atomic E-state index is 11.5. The number of nitrogens with one attached hydrogen (secondary N) is 1. The van der Waals surface area contributed by atoms with Crippen LogP contribution in [0.5, 0.6) is 0 Å². The lowest BCUT2D eigenvalue weighted by Gasteiger charge is -2.18. The number of hydrogen-bond acceptors (Lipinski definition) is 4. The molecule has 0 saturated carbocycles. The lowest BCUT2D eigenvalue weighted by Crippen LogP contribution is -2.33. The fourth-order valence-electron chi connectivity index (χ4n) is 2.82. The Labute approximate surface area is 122 Å².